The maximum Gasteiger partial charge on any atom is 0.338 e. The highest BCUT2D eigenvalue weighted by atomic mass is 16.5. The zero-order valence-corrected chi connectivity index (χ0v) is 16.6. The lowest BCUT2D eigenvalue weighted by atomic mass is 10.00. The summed E-state index contributed by atoms with van der Waals surface area (Å²) < 4.78 is 9.87. The first-order valence-electron chi connectivity index (χ1n) is 9.61. The SMILES string of the molecule is COC(=O)/C=C(\C(=O)OC)c1c2cccccc2c2c3cccc4cccc(c12)c43. The molecule has 0 saturated heterocycles. The van der Waals surface area contributed by atoms with Crippen LogP contribution in [0.3, 0.4) is 0 Å². The molecule has 0 saturated carbocycles. The summed E-state index contributed by atoms with van der Waals surface area (Å²) in [7, 11) is 2.60. The van der Waals surface area contributed by atoms with E-state index in [-0.39, 0.29) is 5.57 Å². The Morgan fingerprint density at radius 1 is 0.667 bits per heavy atom. The lowest BCUT2D eigenvalue weighted by Gasteiger charge is -2.07. The summed E-state index contributed by atoms with van der Waals surface area (Å²) >= 11 is 0. The van der Waals surface area contributed by atoms with Gasteiger partial charge in [0.1, 0.15) is 0 Å². The van der Waals surface area contributed by atoms with E-state index in [1.54, 1.807) is 0 Å². The third kappa shape index (κ3) is 2.47. The average molecular weight is 394 g/mol. The topological polar surface area (TPSA) is 52.6 Å². The minimum absolute atomic E-state index is 0.187. The Morgan fingerprint density at radius 2 is 1.30 bits per heavy atom. The third-order valence-electron chi connectivity index (χ3n) is 5.66. The number of hydrogen-bond donors (Lipinski definition) is 0. The molecule has 4 heteroatoms. The van der Waals surface area contributed by atoms with Gasteiger partial charge in [-0.15, -0.1) is 0 Å². The summed E-state index contributed by atoms with van der Waals surface area (Å²) in [6.07, 6.45) is 1.22. The van der Waals surface area contributed by atoms with Crippen molar-refractivity contribution < 1.29 is 19.1 Å². The van der Waals surface area contributed by atoms with Crippen molar-refractivity contribution >= 4 is 60.6 Å². The second kappa shape index (κ2) is 6.85. The summed E-state index contributed by atoms with van der Waals surface area (Å²) in [5.74, 6) is -1.18. The largest absolute Gasteiger partial charge is 0.466 e. The molecule has 0 N–H and O–H groups in total. The molecule has 0 aliphatic rings. The molecule has 0 bridgehead atoms. The van der Waals surface area contributed by atoms with Gasteiger partial charge >= 0.3 is 11.9 Å². The first kappa shape index (κ1) is 18.1. The van der Waals surface area contributed by atoms with Gasteiger partial charge in [-0.25, -0.2) is 9.59 Å². The fourth-order valence-electron chi connectivity index (χ4n) is 4.48. The smallest absolute Gasteiger partial charge is 0.338 e. The van der Waals surface area contributed by atoms with Crippen LogP contribution in [0, 0.1) is 0 Å². The van der Waals surface area contributed by atoms with Crippen molar-refractivity contribution in [3.05, 3.63) is 78.4 Å². The Labute approximate surface area is 172 Å². The van der Waals surface area contributed by atoms with Gasteiger partial charge in [0, 0.05) is 11.6 Å². The van der Waals surface area contributed by atoms with E-state index >= 15 is 0 Å². The van der Waals surface area contributed by atoms with E-state index < -0.39 is 11.9 Å². The Bertz CT molecular complexity index is 1490. The van der Waals surface area contributed by atoms with Gasteiger partial charge in [0.05, 0.1) is 19.8 Å². The average Bonchev–Trinajstić information content (AvgIpc) is 3.14. The van der Waals surface area contributed by atoms with Crippen molar-refractivity contribution in [2.45, 2.75) is 0 Å². The van der Waals surface area contributed by atoms with E-state index in [1.807, 2.05) is 36.4 Å². The summed E-state index contributed by atoms with van der Waals surface area (Å²) in [6.45, 7) is 0. The zero-order chi connectivity index (χ0) is 20.8. The molecule has 5 aromatic rings. The van der Waals surface area contributed by atoms with Crippen LogP contribution in [0.5, 0.6) is 0 Å². The van der Waals surface area contributed by atoms with Crippen LogP contribution in [0.1, 0.15) is 5.56 Å². The first-order chi connectivity index (χ1) is 14.7. The number of hydrogen-bond acceptors (Lipinski definition) is 4. The molecule has 0 unspecified atom stereocenters. The maximum absolute atomic E-state index is 12.8. The van der Waals surface area contributed by atoms with Gasteiger partial charge in [-0.1, -0.05) is 66.7 Å². The fourth-order valence-corrected chi connectivity index (χ4v) is 4.48. The second-order valence-corrected chi connectivity index (χ2v) is 7.15. The number of esters is 2. The number of methoxy groups -OCH3 is 2. The van der Waals surface area contributed by atoms with E-state index in [9.17, 15) is 9.59 Å². The molecule has 0 aliphatic heterocycles. The summed E-state index contributed by atoms with van der Waals surface area (Å²) in [5.41, 5.74) is 0.878. The van der Waals surface area contributed by atoms with Crippen molar-refractivity contribution in [2.75, 3.05) is 14.2 Å². The molecular weight excluding hydrogens is 376 g/mol. The van der Waals surface area contributed by atoms with Gasteiger partial charge in [0.25, 0.3) is 0 Å². The molecule has 0 atom stereocenters. The number of ether oxygens (including phenoxy) is 2. The Morgan fingerprint density at radius 3 is 1.97 bits per heavy atom. The highest BCUT2D eigenvalue weighted by molar-refractivity contribution is 6.43. The number of benzene rings is 2. The lowest BCUT2D eigenvalue weighted by Crippen LogP contribution is -2.07. The normalized spacial score (nSPS) is 12.1. The van der Waals surface area contributed by atoms with Gasteiger partial charge in [-0.2, -0.15) is 0 Å². The quantitative estimate of drug-likeness (QED) is 0.301. The molecule has 5 aromatic carbocycles. The molecule has 0 amide bonds. The Kier molecular flexibility index (Phi) is 4.14. The van der Waals surface area contributed by atoms with Crippen molar-refractivity contribution in [2.24, 2.45) is 0 Å². The lowest BCUT2D eigenvalue weighted by molar-refractivity contribution is -0.136. The van der Waals surface area contributed by atoms with Crippen LogP contribution in [0.4, 0.5) is 0 Å². The number of fused-ring (bicyclic) bond motifs is 5. The molecule has 0 radical (unpaired) electrons. The predicted molar refractivity (Wildman–Crippen MR) is 120 cm³/mol. The van der Waals surface area contributed by atoms with E-state index in [0.717, 1.165) is 43.1 Å². The van der Waals surface area contributed by atoms with Crippen molar-refractivity contribution in [3.63, 3.8) is 0 Å². The fraction of sp³-hybridized carbons (Fsp3) is 0.0769. The van der Waals surface area contributed by atoms with Crippen LogP contribution >= 0.6 is 0 Å². The number of carbonyl (C=O) groups excluding carboxylic acids is 2. The third-order valence-corrected chi connectivity index (χ3v) is 5.66. The van der Waals surface area contributed by atoms with Crippen LogP contribution in [-0.4, -0.2) is 26.2 Å². The minimum atomic E-state index is -0.604. The number of carbonyl (C=O) groups is 2. The van der Waals surface area contributed by atoms with Crippen LogP contribution in [0.25, 0.3) is 48.7 Å². The van der Waals surface area contributed by atoms with Crippen LogP contribution in [0.15, 0.2) is 72.8 Å². The van der Waals surface area contributed by atoms with Gasteiger partial charge in [-0.05, 0) is 43.1 Å². The highest BCUT2D eigenvalue weighted by Gasteiger charge is 2.26. The molecule has 5 rings (SSSR count). The van der Waals surface area contributed by atoms with Gasteiger partial charge in [0.2, 0.25) is 0 Å². The van der Waals surface area contributed by atoms with Crippen LogP contribution in [-0.2, 0) is 19.1 Å². The van der Waals surface area contributed by atoms with Gasteiger partial charge < -0.3 is 9.47 Å². The van der Waals surface area contributed by atoms with Crippen LogP contribution in [0.2, 0.25) is 0 Å². The molecule has 0 fully saturated rings. The molecule has 30 heavy (non-hydrogen) atoms. The van der Waals surface area contributed by atoms with Gasteiger partial charge in [-0.3, -0.25) is 0 Å². The molecule has 0 aliphatic carbocycles. The van der Waals surface area contributed by atoms with Gasteiger partial charge in [0.15, 0.2) is 0 Å². The summed E-state index contributed by atoms with van der Waals surface area (Å²) in [6, 6.07) is 22.3. The Balaban J connectivity index is 2.08. The molecule has 146 valence electrons. The van der Waals surface area contributed by atoms with Crippen LogP contribution < -0.4 is 0 Å². The first-order valence-corrected chi connectivity index (χ1v) is 9.61. The number of rotatable bonds is 3. The molecular formula is C26H18O4. The van der Waals surface area contributed by atoms with Crippen molar-refractivity contribution in [1.29, 1.82) is 0 Å². The van der Waals surface area contributed by atoms with E-state index in [4.69, 9.17) is 9.47 Å². The predicted octanol–water partition coefficient (Wildman–Crippen LogP) is 5.47. The molecule has 0 aromatic heterocycles. The molecule has 0 spiro atoms. The van der Waals surface area contributed by atoms with E-state index in [2.05, 4.69) is 30.3 Å². The van der Waals surface area contributed by atoms with E-state index in [0.29, 0.717) is 5.56 Å². The maximum atomic E-state index is 12.8. The monoisotopic (exact) mass is 394 g/mol. The standard InChI is InChI=1S/C26H18O4/c1-29-21(27)14-20(26(28)30-2)24-17-11-5-3-4-10-16(17)23-18-12-6-8-15-9-7-13-19(22(15)18)25(23)24/h3-14H,1-2H3/b20-14-. The van der Waals surface area contributed by atoms with Crippen molar-refractivity contribution in [1.82, 2.24) is 0 Å². The summed E-state index contributed by atoms with van der Waals surface area (Å²) in [4.78, 5) is 24.9. The zero-order valence-electron chi connectivity index (χ0n) is 16.6. The Hall–Kier alpha value is -3.92. The van der Waals surface area contributed by atoms with Crippen molar-refractivity contribution in [3.8, 4) is 0 Å². The van der Waals surface area contributed by atoms with E-state index in [1.165, 1.54) is 20.3 Å². The molecule has 0 heterocycles. The summed E-state index contributed by atoms with van der Waals surface area (Å²) in [5, 5.41) is 8.39. The highest BCUT2D eigenvalue weighted by Crippen LogP contribution is 2.47. The minimum Gasteiger partial charge on any atom is -0.466 e. The molecule has 4 nitrogen and oxygen atoms in total. The second-order valence-electron chi connectivity index (χ2n) is 7.15.